The molecule has 358 valence electrons. The van der Waals surface area contributed by atoms with E-state index in [1.807, 2.05) is 0 Å². The Bertz CT molecular complexity index is 989. The molecule has 0 rings (SSSR count). The number of hydrogen-bond acceptors (Lipinski definition) is 6. The molecule has 61 heavy (non-hydrogen) atoms. The van der Waals surface area contributed by atoms with Crippen LogP contribution < -0.4 is 0 Å². The van der Waals surface area contributed by atoms with Crippen LogP contribution in [0.4, 0.5) is 0 Å². The van der Waals surface area contributed by atoms with Crippen LogP contribution in [0.2, 0.25) is 0 Å². The van der Waals surface area contributed by atoms with Gasteiger partial charge in [-0.3, -0.25) is 14.4 Å². The third-order valence-electron chi connectivity index (χ3n) is 12.0. The van der Waals surface area contributed by atoms with Gasteiger partial charge in [-0.15, -0.1) is 0 Å². The summed E-state index contributed by atoms with van der Waals surface area (Å²) in [6.45, 7) is 6.63. The Kier molecular flexibility index (Phi) is 48.8. The fourth-order valence-electron chi connectivity index (χ4n) is 7.89. The van der Waals surface area contributed by atoms with Crippen molar-refractivity contribution in [3.8, 4) is 0 Å². The molecule has 0 heterocycles. The minimum Gasteiger partial charge on any atom is -0.462 e. The maximum atomic E-state index is 12.8. The molecular weight excluding hydrogens is 757 g/mol. The first-order chi connectivity index (χ1) is 30.0. The average molecular weight is 859 g/mol. The van der Waals surface area contributed by atoms with Crippen LogP contribution in [0.15, 0.2) is 24.3 Å². The summed E-state index contributed by atoms with van der Waals surface area (Å²) in [6.07, 6.45) is 57.3. The van der Waals surface area contributed by atoms with Crippen molar-refractivity contribution < 1.29 is 28.6 Å². The zero-order chi connectivity index (χ0) is 44.4. The van der Waals surface area contributed by atoms with Gasteiger partial charge in [-0.05, 0) is 51.4 Å². The Labute approximate surface area is 379 Å². The fraction of sp³-hybridized carbons (Fsp3) is 0.873. The molecule has 6 heteroatoms. The van der Waals surface area contributed by atoms with Gasteiger partial charge in [-0.2, -0.15) is 0 Å². The normalized spacial score (nSPS) is 12.1. The van der Waals surface area contributed by atoms with Gasteiger partial charge in [0, 0.05) is 19.3 Å². The summed E-state index contributed by atoms with van der Waals surface area (Å²) in [4.78, 5) is 38.0. The maximum absolute atomic E-state index is 12.8. The molecule has 0 bridgehead atoms. The van der Waals surface area contributed by atoms with Crippen molar-refractivity contribution in [2.24, 2.45) is 0 Å². The fourth-order valence-corrected chi connectivity index (χ4v) is 7.89. The highest BCUT2D eigenvalue weighted by molar-refractivity contribution is 5.71. The van der Waals surface area contributed by atoms with E-state index >= 15 is 0 Å². The van der Waals surface area contributed by atoms with Crippen LogP contribution in [-0.4, -0.2) is 37.2 Å². The van der Waals surface area contributed by atoms with E-state index in [1.165, 1.54) is 173 Å². The minimum atomic E-state index is -0.772. The highest BCUT2D eigenvalue weighted by atomic mass is 16.6. The Morgan fingerprint density at radius 2 is 0.590 bits per heavy atom. The van der Waals surface area contributed by atoms with E-state index in [2.05, 4.69) is 45.1 Å². The van der Waals surface area contributed by atoms with E-state index in [9.17, 15) is 14.4 Å². The lowest BCUT2D eigenvalue weighted by Crippen LogP contribution is -2.30. The van der Waals surface area contributed by atoms with Crippen molar-refractivity contribution in [1.29, 1.82) is 0 Å². The van der Waals surface area contributed by atoms with Crippen molar-refractivity contribution in [1.82, 2.24) is 0 Å². The lowest BCUT2D eigenvalue weighted by atomic mass is 10.0. The number of ether oxygens (including phenoxy) is 3. The summed E-state index contributed by atoms with van der Waals surface area (Å²) in [7, 11) is 0. The monoisotopic (exact) mass is 859 g/mol. The van der Waals surface area contributed by atoms with Crippen molar-refractivity contribution in [2.45, 2.75) is 297 Å². The van der Waals surface area contributed by atoms with Gasteiger partial charge in [0.1, 0.15) is 13.2 Å². The van der Waals surface area contributed by atoms with Crippen molar-refractivity contribution in [3.63, 3.8) is 0 Å². The molecule has 0 amide bonds. The van der Waals surface area contributed by atoms with Crippen LogP contribution >= 0.6 is 0 Å². The SMILES string of the molecule is CCCCC/C=C\C/C=C\CCCCCCCC(=O)OC(COC(=O)CCCCCCCCCCCCC)COC(=O)CCCCCCCCCCCCCCCCCCC. The van der Waals surface area contributed by atoms with Crippen LogP contribution in [0.1, 0.15) is 290 Å². The number of unbranched alkanes of at least 4 members (excludes halogenated alkanes) is 34. The van der Waals surface area contributed by atoms with E-state index in [0.717, 1.165) is 77.0 Å². The zero-order valence-corrected chi connectivity index (χ0v) is 40.9. The number of rotatable bonds is 49. The van der Waals surface area contributed by atoms with E-state index in [-0.39, 0.29) is 31.1 Å². The first kappa shape index (κ1) is 58.9. The van der Waals surface area contributed by atoms with Gasteiger partial charge in [0.25, 0.3) is 0 Å². The van der Waals surface area contributed by atoms with Crippen molar-refractivity contribution in [2.75, 3.05) is 13.2 Å². The molecule has 1 unspecified atom stereocenters. The molecule has 0 saturated carbocycles. The molecular formula is C55H102O6. The van der Waals surface area contributed by atoms with E-state index in [1.54, 1.807) is 0 Å². The molecule has 0 saturated heterocycles. The quantitative estimate of drug-likeness (QED) is 0.0262. The number of esters is 3. The third kappa shape index (κ3) is 48.8. The van der Waals surface area contributed by atoms with Crippen LogP contribution in [0, 0.1) is 0 Å². The molecule has 1 atom stereocenters. The Morgan fingerprint density at radius 3 is 0.934 bits per heavy atom. The molecule has 0 spiro atoms. The number of allylic oxidation sites excluding steroid dienone is 4. The van der Waals surface area contributed by atoms with Gasteiger partial charge >= 0.3 is 17.9 Å². The summed E-state index contributed by atoms with van der Waals surface area (Å²) in [6, 6.07) is 0. The first-order valence-corrected chi connectivity index (χ1v) is 26.8. The summed E-state index contributed by atoms with van der Waals surface area (Å²) < 4.78 is 16.8. The van der Waals surface area contributed by atoms with Gasteiger partial charge in [-0.1, -0.05) is 244 Å². The smallest absolute Gasteiger partial charge is 0.306 e. The van der Waals surface area contributed by atoms with Crippen LogP contribution in [0.3, 0.4) is 0 Å². The Balaban J connectivity index is 4.32. The highest BCUT2D eigenvalue weighted by Crippen LogP contribution is 2.16. The van der Waals surface area contributed by atoms with Crippen LogP contribution in [0.5, 0.6) is 0 Å². The second-order valence-electron chi connectivity index (χ2n) is 18.2. The molecule has 0 aliphatic rings. The molecule has 0 aromatic carbocycles. The Morgan fingerprint density at radius 1 is 0.328 bits per heavy atom. The molecule has 0 N–H and O–H groups in total. The molecule has 6 nitrogen and oxygen atoms in total. The third-order valence-corrected chi connectivity index (χ3v) is 12.0. The number of carbonyl (C=O) groups is 3. The lowest BCUT2D eigenvalue weighted by molar-refractivity contribution is -0.167. The summed E-state index contributed by atoms with van der Waals surface area (Å²) in [5, 5.41) is 0. The molecule has 0 radical (unpaired) electrons. The van der Waals surface area contributed by atoms with Gasteiger partial charge in [0.05, 0.1) is 0 Å². The van der Waals surface area contributed by atoms with Gasteiger partial charge in [-0.25, -0.2) is 0 Å². The van der Waals surface area contributed by atoms with E-state index in [0.29, 0.717) is 19.3 Å². The summed E-state index contributed by atoms with van der Waals surface area (Å²) in [5.74, 6) is -0.871. The van der Waals surface area contributed by atoms with E-state index in [4.69, 9.17) is 14.2 Å². The highest BCUT2D eigenvalue weighted by Gasteiger charge is 2.19. The number of hydrogen-bond donors (Lipinski definition) is 0. The predicted octanol–water partition coefficient (Wildman–Crippen LogP) is 17.5. The van der Waals surface area contributed by atoms with Gasteiger partial charge in [0.2, 0.25) is 0 Å². The van der Waals surface area contributed by atoms with Crippen molar-refractivity contribution >= 4 is 17.9 Å². The van der Waals surface area contributed by atoms with Crippen LogP contribution in [-0.2, 0) is 28.6 Å². The number of carbonyl (C=O) groups excluding carboxylic acids is 3. The molecule has 0 aromatic heterocycles. The average Bonchev–Trinajstić information content (AvgIpc) is 3.26. The standard InChI is InChI=1S/C55H102O6/c1-4-7-10-13-16-19-22-24-26-27-29-30-33-36-39-42-45-48-54(57)60-51-52(50-59-53(56)47-44-41-38-35-32-21-18-15-12-9-6-3)61-55(58)49-46-43-40-37-34-31-28-25-23-20-17-14-11-8-5-2/h17,20,25,28,52H,4-16,18-19,21-24,26-27,29-51H2,1-3H3/b20-17-,28-25-. The summed E-state index contributed by atoms with van der Waals surface area (Å²) >= 11 is 0. The van der Waals surface area contributed by atoms with Crippen LogP contribution in [0.25, 0.3) is 0 Å². The maximum Gasteiger partial charge on any atom is 0.306 e. The Hall–Kier alpha value is -2.11. The van der Waals surface area contributed by atoms with Crippen molar-refractivity contribution in [3.05, 3.63) is 24.3 Å². The topological polar surface area (TPSA) is 78.9 Å². The largest absolute Gasteiger partial charge is 0.462 e. The second kappa shape index (κ2) is 50.5. The van der Waals surface area contributed by atoms with E-state index < -0.39 is 6.10 Å². The summed E-state index contributed by atoms with van der Waals surface area (Å²) in [5.41, 5.74) is 0. The zero-order valence-electron chi connectivity index (χ0n) is 40.9. The predicted molar refractivity (Wildman–Crippen MR) is 261 cm³/mol. The minimum absolute atomic E-state index is 0.0720. The first-order valence-electron chi connectivity index (χ1n) is 26.8. The van der Waals surface area contributed by atoms with Gasteiger partial charge in [0.15, 0.2) is 6.10 Å². The molecule has 0 aromatic rings. The molecule has 0 aliphatic heterocycles. The molecule has 0 aliphatic carbocycles. The lowest BCUT2D eigenvalue weighted by Gasteiger charge is -2.18. The second-order valence-corrected chi connectivity index (χ2v) is 18.2. The van der Waals surface area contributed by atoms with Gasteiger partial charge < -0.3 is 14.2 Å². The molecule has 0 fully saturated rings.